The van der Waals surface area contributed by atoms with Crippen molar-refractivity contribution in [2.24, 2.45) is 0 Å². The average Bonchev–Trinajstić information content (AvgIpc) is 2.84. The van der Waals surface area contributed by atoms with E-state index in [2.05, 4.69) is 9.97 Å². The number of nitrogens with one attached hydrogen (secondary N) is 1. The van der Waals surface area contributed by atoms with E-state index in [-0.39, 0.29) is 5.69 Å². The van der Waals surface area contributed by atoms with Crippen molar-refractivity contribution >= 4 is 22.7 Å². The monoisotopic (exact) mass is 259 g/mol. The first kappa shape index (κ1) is 11.6. The maximum absolute atomic E-state index is 13.7. The minimum absolute atomic E-state index is 0.138. The van der Waals surface area contributed by atoms with Gasteiger partial charge in [0.2, 0.25) is 5.95 Å². The van der Waals surface area contributed by atoms with Gasteiger partial charge in [-0.05, 0) is 24.3 Å². The molecule has 0 unspecified atom stereocenters. The number of halogens is 2. The first-order valence-electron chi connectivity index (χ1n) is 5.78. The lowest BCUT2D eigenvalue weighted by Gasteiger charge is -2.16. The highest BCUT2D eigenvalue weighted by atomic mass is 19.1. The van der Waals surface area contributed by atoms with Crippen molar-refractivity contribution in [1.29, 1.82) is 0 Å². The molecule has 1 heterocycles. The number of imidazole rings is 1. The van der Waals surface area contributed by atoms with Crippen molar-refractivity contribution in [3.8, 4) is 0 Å². The predicted molar refractivity (Wildman–Crippen MR) is 70.5 cm³/mol. The van der Waals surface area contributed by atoms with Gasteiger partial charge in [0, 0.05) is 13.1 Å². The number of para-hydroxylation sites is 2. The van der Waals surface area contributed by atoms with Crippen LogP contribution in [0.1, 0.15) is 0 Å². The molecule has 0 aliphatic carbocycles. The molecule has 96 valence electrons. The predicted octanol–water partition coefficient (Wildman–Crippen LogP) is 3.61. The third kappa shape index (κ3) is 2.03. The molecule has 0 atom stereocenters. The molecule has 0 fully saturated rings. The zero-order valence-electron chi connectivity index (χ0n) is 10.2. The molecule has 0 aliphatic rings. The van der Waals surface area contributed by atoms with Gasteiger partial charge < -0.3 is 9.88 Å². The Kier molecular flexibility index (Phi) is 2.67. The first-order chi connectivity index (χ1) is 9.15. The number of fused-ring (bicyclic) bond motifs is 1. The van der Waals surface area contributed by atoms with Crippen LogP contribution in [0.5, 0.6) is 0 Å². The van der Waals surface area contributed by atoms with Crippen molar-refractivity contribution in [2.45, 2.75) is 0 Å². The van der Waals surface area contributed by atoms with Gasteiger partial charge >= 0.3 is 0 Å². The van der Waals surface area contributed by atoms with Crippen molar-refractivity contribution < 1.29 is 8.78 Å². The third-order valence-corrected chi connectivity index (χ3v) is 2.96. The number of hydrogen-bond acceptors (Lipinski definition) is 2. The topological polar surface area (TPSA) is 31.9 Å². The summed E-state index contributed by atoms with van der Waals surface area (Å²) in [5, 5.41) is 0. The number of anilines is 2. The molecule has 1 aromatic heterocycles. The Morgan fingerprint density at radius 1 is 1.11 bits per heavy atom. The van der Waals surface area contributed by atoms with Crippen LogP contribution in [-0.2, 0) is 0 Å². The van der Waals surface area contributed by atoms with E-state index in [0.29, 0.717) is 5.95 Å². The molecule has 3 nitrogen and oxygen atoms in total. The van der Waals surface area contributed by atoms with Gasteiger partial charge in [0.05, 0.1) is 16.7 Å². The van der Waals surface area contributed by atoms with Gasteiger partial charge in [-0.25, -0.2) is 13.8 Å². The molecule has 0 saturated carbocycles. The second-order valence-corrected chi connectivity index (χ2v) is 4.23. The number of aromatic amines is 1. The molecule has 3 aromatic rings. The largest absolute Gasteiger partial charge is 0.324 e. The number of nitrogens with zero attached hydrogens (tertiary/aromatic N) is 2. The molecular formula is C14H11F2N3. The van der Waals surface area contributed by atoms with Crippen LogP contribution in [0.3, 0.4) is 0 Å². The van der Waals surface area contributed by atoms with Crippen LogP contribution < -0.4 is 4.90 Å². The Labute approximate surface area is 108 Å². The van der Waals surface area contributed by atoms with Crippen molar-refractivity contribution in [1.82, 2.24) is 9.97 Å². The summed E-state index contributed by atoms with van der Waals surface area (Å²) in [6, 6.07) is 10.8. The molecular weight excluding hydrogens is 248 g/mol. The van der Waals surface area contributed by atoms with Crippen molar-refractivity contribution in [2.75, 3.05) is 11.9 Å². The lowest BCUT2D eigenvalue weighted by Crippen LogP contribution is -2.13. The summed E-state index contributed by atoms with van der Waals surface area (Å²) < 4.78 is 26.9. The quantitative estimate of drug-likeness (QED) is 0.762. The van der Waals surface area contributed by atoms with Crippen LogP contribution in [0.25, 0.3) is 11.0 Å². The minimum Gasteiger partial charge on any atom is -0.324 e. The van der Waals surface area contributed by atoms with E-state index < -0.39 is 11.6 Å². The van der Waals surface area contributed by atoms with Crippen molar-refractivity contribution in [3.05, 3.63) is 54.1 Å². The minimum atomic E-state index is -0.496. The fraction of sp³-hybridized carbons (Fsp3) is 0.0714. The summed E-state index contributed by atoms with van der Waals surface area (Å²) in [6.07, 6.45) is 0. The molecule has 0 bridgehead atoms. The molecule has 0 spiro atoms. The number of benzene rings is 2. The Morgan fingerprint density at radius 2 is 1.89 bits per heavy atom. The molecule has 3 rings (SSSR count). The summed E-state index contributed by atoms with van der Waals surface area (Å²) in [5.74, 6) is -0.519. The molecule has 0 saturated heterocycles. The zero-order chi connectivity index (χ0) is 13.4. The van der Waals surface area contributed by atoms with Gasteiger partial charge in [0.25, 0.3) is 0 Å². The molecule has 0 amide bonds. The lowest BCUT2D eigenvalue weighted by atomic mass is 10.3. The Hall–Kier alpha value is -2.43. The Morgan fingerprint density at radius 3 is 2.68 bits per heavy atom. The van der Waals surface area contributed by atoms with E-state index >= 15 is 0 Å². The van der Waals surface area contributed by atoms with Gasteiger partial charge in [0.15, 0.2) is 0 Å². The highest BCUT2D eigenvalue weighted by Crippen LogP contribution is 2.26. The normalized spacial score (nSPS) is 10.9. The van der Waals surface area contributed by atoms with E-state index in [1.165, 1.54) is 4.90 Å². The van der Waals surface area contributed by atoms with E-state index in [9.17, 15) is 8.78 Å². The zero-order valence-corrected chi connectivity index (χ0v) is 10.2. The maximum Gasteiger partial charge on any atom is 0.208 e. The fourth-order valence-electron chi connectivity index (χ4n) is 1.96. The molecule has 5 heteroatoms. The number of rotatable bonds is 2. The van der Waals surface area contributed by atoms with E-state index in [1.807, 2.05) is 24.3 Å². The van der Waals surface area contributed by atoms with Crippen molar-refractivity contribution in [3.63, 3.8) is 0 Å². The number of hydrogen-bond donors (Lipinski definition) is 1. The van der Waals surface area contributed by atoms with Crippen LogP contribution >= 0.6 is 0 Å². The van der Waals surface area contributed by atoms with Gasteiger partial charge in [-0.2, -0.15) is 0 Å². The average molecular weight is 259 g/mol. The van der Waals surface area contributed by atoms with E-state index in [0.717, 1.165) is 29.2 Å². The number of H-pyrrole nitrogens is 1. The lowest BCUT2D eigenvalue weighted by molar-refractivity contribution is 0.600. The number of aromatic nitrogens is 2. The highest BCUT2D eigenvalue weighted by Gasteiger charge is 2.13. The van der Waals surface area contributed by atoms with Gasteiger partial charge in [-0.3, -0.25) is 0 Å². The maximum atomic E-state index is 13.7. The standard InChI is InChI=1S/C14H11F2N3/c1-19(13-8-9(15)6-7-10(13)16)14-17-11-4-2-3-5-12(11)18-14/h2-8H,1H3,(H,17,18). The molecule has 2 aromatic carbocycles. The highest BCUT2D eigenvalue weighted by molar-refractivity contribution is 5.78. The summed E-state index contributed by atoms with van der Waals surface area (Å²) in [7, 11) is 1.63. The van der Waals surface area contributed by atoms with Crippen LogP contribution in [0.4, 0.5) is 20.4 Å². The van der Waals surface area contributed by atoms with Gasteiger partial charge in [0.1, 0.15) is 11.6 Å². The smallest absolute Gasteiger partial charge is 0.208 e. The Bertz CT molecular complexity index is 703. The second-order valence-electron chi connectivity index (χ2n) is 4.23. The van der Waals surface area contributed by atoms with Crippen LogP contribution in [0.15, 0.2) is 42.5 Å². The van der Waals surface area contributed by atoms with Crippen LogP contribution in [-0.4, -0.2) is 17.0 Å². The summed E-state index contributed by atoms with van der Waals surface area (Å²) in [4.78, 5) is 8.89. The fourth-order valence-corrected chi connectivity index (χ4v) is 1.96. The van der Waals surface area contributed by atoms with Crippen LogP contribution in [0, 0.1) is 11.6 Å². The van der Waals surface area contributed by atoms with Gasteiger partial charge in [-0.15, -0.1) is 0 Å². The van der Waals surface area contributed by atoms with Crippen LogP contribution in [0.2, 0.25) is 0 Å². The summed E-state index contributed by atoms with van der Waals surface area (Å²) >= 11 is 0. The summed E-state index contributed by atoms with van der Waals surface area (Å²) in [6.45, 7) is 0. The van der Waals surface area contributed by atoms with E-state index in [4.69, 9.17) is 0 Å². The second kappa shape index (κ2) is 4.35. The SMILES string of the molecule is CN(c1nc2ccccc2[nH]1)c1cc(F)ccc1F. The molecule has 0 radical (unpaired) electrons. The summed E-state index contributed by atoms with van der Waals surface area (Å²) in [5.41, 5.74) is 1.77. The third-order valence-electron chi connectivity index (χ3n) is 2.96. The van der Waals surface area contributed by atoms with Gasteiger partial charge in [-0.1, -0.05) is 12.1 Å². The molecule has 1 N–H and O–H groups in total. The Balaban J connectivity index is 2.07. The molecule has 19 heavy (non-hydrogen) atoms. The first-order valence-corrected chi connectivity index (χ1v) is 5.78. The molecule has 0 aliphatic heterocycles. The van der Waals surface area contributed by atoms with E-state index in [1.54, 1.807) is 7.05 Å².